The third-order valence-electron chi connectivity index (χ3n) is 4.41. The highest BCUT2D eigenvalue weighted by atomic mass is 16.5. The topological polar surface area (TPSA) is 73.8 Å². The Kier molecular flexibility index (Phi) is 7.68. The lowest BCUT2D eigenvalue weighted by atomic mass is 9.89. The summed E-state index contributed by atoms with van der Waals surface area (Å²) < 4.78 is 20.1. The number of carbonyl (C=O) groups excluding carboxylic acids is 1. The van der Waals surface area contributed by atoms with Crippen LogP contribution in [-0.2, 0) is 39.0 Å². The maximum absolute atomic E-state index is 11.7. The Morgan fingerprint density at radius 2 is 2.08 bits per heavy atom. The van der Waals surface area contributed by atoms with Crippen LogP contribution in [-0.4, -0.2) is 55.3 Å². The molecular weight excluding hydrogens is 312 g/mol. The highest BCUT2D eigenvalue weighted by Gasteiger charge is 2.36. The molecule has 0 bridgehead atoms. The fourth-order valence-corrected chi connectivity index (χ4v) is 3.06. The van der Waals surface area contributed by atoms with Crippen LogP contribution in [0.4, 0.5) is 0 Å². The molecule has 0 aromatic carbocycles. The maximum Gasteiger partial charge on any atom is 0.309 e. The molecule has 1 aromatic heterocycles. The number of esters is 1. The molecule has 136 valence electrons. The summed E-state index contributed by atoms with van der Waals surface area (Å²) >= 11 is 0. The lowest BCUT2D eigenvalue weighted by Gasteiger charge is -2.10. The van der Waals surface area contributed by atoms with Crippen LogP contribution in [0, 0.1) is 11.8 Å². The van der Waals surface area contributed by atoms with E-state index in [9.17, 15) is 4.79 Å². The minimum atomic E-state index is -0.0543. The number of aliphatic hydroxyl groups excluding tert-OH is 1. The van der Waals surface area contributed by atoms with E-state index in [2.05, 4.69) is 15.3 Å². The Labute approximate surface area is 143 Å². The highest BCUT2D eigenvalue weighted by molar-refractivity contribution is 5.74. The molecule has 1 N–H and O–H groups in total. The van der Waals surface area contributed by atoms with Gasteiger partial charge in [-0.2, -0.15) is 0 Å². The van der Waals surface area contributed by atoms with Crippen molar-refractivity contribution in [2.24, 2.45) is 18.9 Å². The molecule has 2 heterocycles. The number of rotatable bonds is 11. The van der Waals surface area contributed by atoms with Crippen molar-refractivity contribution in [3.05, 3.63) is 18.2 Å². The van der Waals surface area contributed by atoms with E-state index >= 15 is 0 Å². The van der Waals surface area contributed by atoms with Gasteiger partial charge in [0.25, 0.3) is 0 Å². The molecule has 0 spiro atoms. The molecule has 1 fully saturated rings. The number of aliphatic hydroxyl groups is 1. The predicted octanol–water partition coefficient (Wildman–Crippen LogP) is 0.0798. The van der Waals surface area contributed by atoms with Crippen LogP contribution in [0.25, 0.3) is 0 Å². The van der Waals surface area contributed by atoms with Crippen molar-refractivity contribution in [2.75, 3.05) is 39.6 Å². The molecule has 2 rings (SSSR count). The van der Waals surface area contributed by atoms with E-state index in [4.69, 9.17) is 19.3 Å². The van der Waals surface area contributed by atoms with Crippen molar-refractivity contribution in [2.45, 2.75) is 26.3 Å². The van der Waals surface area contributed by atoms with Crippen LogP contribution in [0.2, 0.25) is 0 Å². The van der Waals surface area contributed by atoms with Gasteiger partial charge in [-0.1, -0.05) is 6.92 Å². The van der Waals surface area contributed by atoms with Gasteiger partial charge in [0, 0.05) is 12.3 Å². The number of ether oxygens (including phenoxy) is 3. The Morgan fingerprint density at radius 3 is 2.79 bits per heavy atom. The first-order valence-corrected chi connectivity index (χ1v) is 8.63. The predicted molar refractivity (Wildman–Crippen MR) is 86.3 cm³/mol. The molecule has 0 amide bonds. The average Bonchev–Trinajstić information content (AvgIpc) is 3.09. The summed E-state index contributed by atoms with van der Waals surface area (Å²) in [5.74, 6) is 0.237. The normalized spacial score (nSPS) is 20.5. The zero-order valence-electron chi connectivity index (χ0n) is 14.6. The second kappa shape index (κ2) is 9.76. The first-order valence-electron chi connectivity index (χ1n) is 8.63. The zero-order valence-corrected chi connectivity index (χ0v) is 14.6. The van der Waals surface area contributed by atoms with E-state index in [-0.39, 0.29) is 24.4 Å². The molecular formula is C17H29N2O5+. The van der Waals surface area contributed by atoms with E-state index < -0.39 is 0 Å². The summed E-state index contributed by atoms with van der Waals surface area (Å²) in [6.45, 7) is 5.37. The monoisotopic (exact) mass is 341 g/mol. The van der Waals surface area contributed by atoms with Gasteiger partial charge in [0.1, 0.15) is 18.4 Å². The molecule has 7 heteroatoms. The highest BCUT2D eigenvalue weighted by Crippen LogP contribution is 2.27. The molecule has 1 aliphatic heterocycles. The molecule has 2 atom stereocenters. The van der Waals surface area contributed by atoms with E-state index in [1.165, 1.54) is 5.69 Å². The van der Waals surface area contributed by atoms with Gasteiger partial charge in [-0.25, -0.2) is 9.13 Å². The largest absolute Gasteiger partial charge is 0.465 e. The van der Waals surface area contributed by atoms with Gasteiger partial charge in [-0.3, -0.25) is 4.79 Å². The van der Waals surface area contributed by atoms with E-state index in [1.807, 2.05) is 20.3 Å². The standard InChI is InChI=1S/C17H29N2O5/c1-3-16-14(12-24-17(16)21)10-15-11-19(13-18(15)2)4-6-22-8-9-23-7-5-20/h11,13-14,16,20H,3-10,12H2,1-2H3/q+1/t14-,16-/m0/s1. The van der Waals surface area contributed by atoms with Crippen LogP contribution >= 0.6 is 0 Å². The van der Waals surface area contributed by atoms with Crippen molar-refractivity contribution in [3.8, 4) is 0 Å². The fourth-order valence-electron chi connectivity index (χ4n) is 3.06. The Bertz CT molecular complexity index is 517. The summed E-state index contributed by atoms with van der Waals surface area (Å²) in [5, 5.41) is 8.60. The quantitative estimate of drug-likeness (QED) is 0.351. The maximum atomic E-state index is 11.7. The van der Waals surface area contributed by atoms with E-state index in [0.717, 1.165) is 19.4 Å². The molecule has 1 aromatic rings. The van der Waals surface area contributed by atoms with Gasteiger partial charge in [0.15, 0.2) is 0 Å². The number of hydrogen-bond donors (Lipinski definition) is 1. The van der Waals surface area contributed by atoms with Crippen LogP contribution < -0.4 is 4.57 Å². The first kappa shape index (κ1) is 18.9. The number of aryl methyl sites for hydroxylation is 1. The van der Waals surface area contributed by atoms with Crippen molar-refractivity contribution < 1.29 is 28.7 Å². The third-order valence-corrected chi connectivity index (χ3v) is 4.41. The van der Waals surface area contributed by atoms with Crippen LogP contribution in [0.15, 0.2) is 12.5 Å². The number of nitrogens with zero attached hydrogens (tertiary/aromatic N) is 2. The van der Waals surface area contributed by atoms with Crippen LogP contribution in [0.5, 0.6) is 0 Å². The Balaban J connectivity index is 1.75. The summed E-state index contributed by atoms with van der Waals surface area (Å²) in [6, 6.07) is 0. The molecule has 0 unspecified atom stereocenters. The van der Waals surface area contributed by atoms with Gasteiger partial charge < -0.3 is 19.3 Å². The average molecular weight is 341 g/mol. The van der Waals surface area contributed by atoms with Crippen molar-refractivity contribution in [1.82, 2.24) is 4.57 Å². The molecule has 0 saturated carbocycles. The lowest BCUT2D eigenvalue weighted by molar-refractivity contribution is -0.698. The number of hydrogen-bond acceptors (Lipinski definition) is 5. The molecule has 0 aliphatic carbocycles. The summed E-state index contributed by atoms with van der Waals surface area (Å²) in [5.41, 5.74) is 1.20. The molecule has 7 nitrogen and oxygen atoms in total. The van der Waals surface area contributed by atoms with Crippen LogP contribution in [0.1, 0.15) is 19.0 Å². The van der Waals surface area contributed by atoms with Crippen molar-refractivity contribution in [3.63, 3.8) is 0 Å². The van der Waals surface area contributed by atoms with Crippen LogP contribution in [0.3, 0.4) is 0 Å². The van der Waals surface area contributed by atoms with E-state index in [0.29, 0.717) is 33.0 Å². The number of aromatic nitrogens is 2. The number of cyclic esters (lactones) is 1. The smallest absolute Gasteiger partial charge is 0.309 e. The molecule has 24 heavy (non-hydrogen) atoms. The summed E-state index contributed by atoms with van der Waals surface area (Å²) in [7, 11) is 2.02. The first-order chi connectivity index (χ1) is 11.7. The lowest BCUT2D eigenvalue weighted by Crippen LogP contribution is -2.34. The minimum Gasteiger partial charge on any atom is -0.465 e. The van der Waals surface area contributed by atoms with Crippen molar-refractivity contribution >= 4 is 5.97 Å². The zero-order chi connectivity index (χ0) is 17.4. The van der Waals surface area contributed by atoms with Gasteiger partial charge in [0.05, 0.1) is 52.6 Å². The van der Waals surface area contributed by atoms with Gasteiger partial charge in [0.2, 0.25) is 6.33 Å². The van der Waals surface area contributed by atoms with Gasteiger partial charge in [-0.05, 0) is 6.42 Å². The summed E-state index contributed by atoms with van der Waals surface area (Å²) in [6.07, 6.45) is 5.84. The molecule has 1 aliphatic rings. The number of carbonyl (C=O) groups is 1. The second-order valence-electron chi connectivity index (χ2n) is 6.14. The molecule has 1 saturated heterocycles. The van der Waals surface area contributed by atoms with Gasteiger partial charge >= 0.3 is 5.97 Å². The minimum absolute atomic E-state index is 0.0237. The Morgan fingerprint density at radius 1 is 1.33 bits per heavy atom. The fraction of sp³-hybridized carbons (Fsp3) is 0.765. The van der Waals surface area contributed by atoms with E-state index in [1.54, 1.807) is 0 Å². The SMILES string of the molecule is CC[C@@H]1C(=O)OC[C@@H]1Cc1c[n+](CCOCCOCCO)cn1C. The Hall–Kier alpha value is -1.44. The number of imidazole rings is 1. The van der Waals surface area contributed by atoms with Gasteiger partial charge in [-0.15, -0.1) is 0 Å². The third kappa shape index (κ3) is 5.29. The summed E-state index contributed by atoms with van der Waals surface area (Å²) in [4.78, 5) is 11.7. The second-order valence-corrected chi connectivity index (χ2v) is 6.14. The van der Waals surface area contributed by atoms with Crippen molar-refractivity contribution in [1.29, 1.82) is 0 Å². The molecule has 0 radical (unpaired) electrons.